The van der Waals surface area contributed by atoms with Gasteiger partial charge in [-0.15, -0.1) is 0 Å². The van der Waals surface area contributed by atoms with Crippen molar-refractivity contribution in [2.75, 3.05) is 0 Å². The highest BCUT2D eigenvalue weighted by molar-refractivity contribution is 5.82. The van der Waals surface area contributed by atoms with E-state index in [4.69, 9.17) is 0 Å². The van der Waals surface area contributed by atoms with Crippen LogP contribution < -0.4 is 0 Å². The molecule has 0 aliphatic carbocycles. The monoisotopic (exact) mass is 813 g/mol. The van der Waals surface area contributed by atoms with Crippen LogP contribution in [-0.2, 0) is 33.6 Å². The molecule has 61 heavy (non-hydrogen) atoms. The highest BCUT2D eigenvalue weighted by Crippen LogP contribution is 2.20. The number of Topliss-reactive ketones (excluding diaryl/α,β-unsaturated/α-hetero) is 3. The van der Waals surface area contributed by atoms with Crippen LogP contribution in [0.2, 0.25) is 0 Å². The predicted molar refractivity (Wildman–Crippen MR) is 261 cm³/mol. The van der Waals surface area contributed by atoms with Crippen molar-refractivity contribution in [2.45, 2.75) is 88.5 Å². The summed E-state index contributed by atoms with van der Waals surface area (Å²) in [6.07, 6.45) is 1.04. The Labute approximate surface area is 368 Å². The third-order valence-electron chi connectivity index (χ3n) is 8.66. The average molecular weight is 813 g/mol. The molecule has 0 aliphatic heterocycles. The van der Waals surface area contributed by atoms with Crippen LogP contribution >= 0.6 is 0 Å². The fraction of sp³-hybridized carbons (Fsp3) is 0.224. The van der Waals surface area contributed by atoms with Gasteiger partial charge in [-0.1, -0.05) is 228 Å². The Morgan fingerprint density at radius 2 is 0.475 bits per heavy atom. The van der Waals surface area contributed by atoms with Crippen LogP contribution in [0.15, 0.2) is 194 Å². The van der Waals surface area contributed by atoms with Crippen molar-refractivity contribution in [2.24, 2.45) is 0 Å². The van der Waals surface area contributed by atoms with Crippen molar-refractivity contribution < 1.29 is 14.4 Å². The van der Waals surface area contributed by atoms with E-state index in [0.29, 0.717) is 19.3 Å². The molecule has 0 radical (unpaired) electrons. The standard InChI is InChI=1S/C16H20O3.6C7H8/c1-10(17)5-14-8-15(6-11(2)18)13(4)16(9-14)7-12(3)19;6*1-7-5-3-2-4-6-7/h8-9H,5-7H2,1-4H3;6*2-6H,1H3. The van der Waals surface area contributed by atoms with Gasteiger partial charge in [0, 0.05) is 19.3 Å². The lowest BCUT2D eigenvalue weighted by molar-refractivity contribution is -0.117. The van der Waals surface area contributed by atoms with Crippen molar-refractivity contribution in [3.63, 3.8) is 0 Å². The molecular weight excluding hydrogens is 745 g/mol. The molecule has 0 spiro atoms. The zero-order valence-corrected chi connectivity index (χ0v) is 38.3. The summed E-state index contributed by atoms with van der Waals surface area (Å²) in [6, 6.07) is 65.4. The third kappa shape index (κ3) is 29.4. The van der Waals surface area contributed by atoms with Gasteiger partial charge in [0.1, 0.15) is 17.3 Å². The molecule has 7 aromatic carbocycles. The van der Waals surface area contributed by atoms with E-state index >= 15 is 0 Å². The van der Waals surface area contributed by atoms with Gasteiger partial charge < -0.3 is 0 Å². The minimum atomic E-state index is 0.0754. The molecule has 0 saturated carbocycles. The van der Waals surface area contributed by atoms with Crippen molar-refractivity contribution in [1.29, 1.82) is 0 Å². The molecule has 0 fully saturated rings. The molecule has 0 aliphatic rings. The minimum absolute atomic E-state index is 0.0754. The van der Waals surface area contributed by atoms with E-state index in [1.54, 1.807) is 13.8 Å². The maximum Gasteiger partial charge on any atom is 0.134 e. The van der Waals surface area contributed by atoms with E-state index in [-0.39, 0.29) is 17.3 Å². The van der Waals surface area contributed by atoms with E-state index < -0.39 is 0 Å². The Bertz CT molecular complexity index is 1850. The fourth-order valence-corrected chi connectivity index (χ4v) is 5.41. The molecule has 0 atom stereocenters. The molecule has 318 valence electrons. The SMILES string of the molecule is CC(=O)Cc1cc(CC(C)=O)c(C)c(CC(C)=O)c1.Cc1ccccc1.Cc1ccccc1.Cc1ccccc1.Cc1ccccc1.Cc1ccccc1.Cc1ccccc1. The molecule has 0 heterocycles. The first-order valence-electron chi connectivity index (χ1n) is 20.9. The fourth-order valence-electron chi connectivity index (χ4n) is 5.41. The van der Waals surface area contributed by atoms with Crippen LogP contribution in [0.4, 0.5) is 0 Å². The average Bonchev–Trinajstić information content (AvgIpc) is 3.22. The molecule has 7 rings (SSSR count). The zero-order valence-electron chi connectivity index (χ0n) is 38.3. The first-order chi connectivity index (χ1) is 29.2. The first-order valence-corrected chi connectivity index (χ1v) is 20.9. The van der Waals surface area contributed by atoms with Crippen LogP contribution in [0.3, 0.4) is 0 Å². The normalized spacial score (nSPS) is 9.21. The van der Waals surface area contributed by atoms with Crippen molar-refractivity contribution in [3.8, 4) is 0 Å². The van der Waals surface area contributed by atoms with E-state index in [9.17, 15) is 14.4 Å². The Hall–Kier alpha value is -6.45. The number of carbonyl (C=O) groups excluding carboxylic acids is 3. The quantitative estimate of drug-likeness (QED) is 0.168. The number of rotatable bonds is 6. The molecule has 0 aromatic heterocycles. The van der Waals surface area contributed by atoms with E-state index in [1.807, 2.05) is 128 Å². The van der Waals surface area contributed by atoms with Crippen LogP contribution in [0.1, 0.15) is 76.4 Å². The largest absolute Gasteiger partial charge is 0.300 e. The predicted octanol–water partition coefficient (Wildman–Crippen LogP) is 14.4. The number of ketones is 3. The molecular formula is C58H68O3. The minimum Gasteiger partial charge on any atom is -0.300 e. The lowest BCUT2D eigenvalue weighted by Gasteiger charge is -2.12. The summed E-state index contributed by atoms with van der Waals surface area (Å²) in [7, 11) is 0. The van der Waals surface area contributed by atoms with Gasteiger partial charge >= 0.3 is 0 Å². The molecule has 7 aromatic rings. The van der Waals surface area contributed by atoms with E-state index in [1.165, 1.54) is 40.3 Å². The molecule has 3 nitrogen and oxygen atoms in total. The lowest BCUT2D eigenvalue weighted by atomic mass is 9.92. The molecule has 0 amide bonds. The summed E-state index contributed by atoms with van der Waals surface area (Å²) in [6.45, 7) is 19.0. The number of aryl methyl sites for hydroxylation is 6. The second-order valence-electron chi connectivity index (χ2n) is 15.1. The Kier molecular flexibility index (Phi) is 27.9. The second kappa shape index (κ2) is 32.4. The highest BCUT2D eigenvalue weighted by Gasteiger charge is 2.11. The Morgan fingerprint density at radius 1 is 0.295 bits per heavy atom. The zero-order chi connectivity index (χ0) is 45.3. The maximum absolute atomic E-state index is 11.3. The van der Waals surface area contributed by atoms with E-state index in [2.05, 4.69) is 114 Å². The van der Waals surface area contributed by atoms with Gasteiger partial charge in [0.15, 0.2) is 0 Å². The second-order valence-corrected chi connectivity index (χ2v) is 15.1. The summed E-state index contributed by atoms with van der Waals surface area (Å²) >= 11 is 0. The smallest absolute Gasteiger partial charge is 0.134 e. The maximum atomic E-state index is 11.3. The van der Waals surface area contributed by atoms with Crippen molar-refractivity contribution in [1.82, 2.24) is 0 Å². The van der Waals surface area contributed by atoms with Gasteiger partial charge in [0.25, 0.3) is 0 Å². The van der Waals surface area contributed by atoms with Gasteiger partial charge in [0.2, 0.25) is 0 Å². The van der Waals surface area contributed by atoms with Gasteiger partial charge in [-0.2, -0.15) is 0 Å². The summed E-state index contributed by atoms with van der Waals surface area (Å²) in [5.41, 5.74) is 11.6. The number of carbonyl (C=O) groups is 3. The van der Waals surface area contributed by atoms with Crippen molar-refractivity contribution in [3.05, 3.63) is 250 Å². The van der Waals surface area contributed by atoms with Gasteiger partial charge in [-0.3, -0.25) is 14.4 Å². The van der Waals surface area contributed by atoms with E-state index in [0.717, 1.165) is 22.3 Å². The Balaban J connectivity index is 0.000000375. The Morgan fingerprint density at radius 3 is 0.607 bits per heavy atom. The van der Waals surface area contributed by atoms with Gasteiger partial charge in [0.05, 0.1) is 0 Å². The van der Waals surface area contributed by atoms with Gasteiger partial charge in [-0.05, 0) is 91.5 Å². The van der Waals surface area contributed by atoms with Crippen LogP contribution in [-0.4, -0.2) is 17.3 Å². The summed E-state index contributed by atoms with van der Waals surface area (Å²) in [4.78, 5) is 33.8. The van der Waals surface area contributed by atoms with Crippen LogP contribution in [0.5, 0.6) is 0 Å². The molecule has 0 unspecified atom stereocenters. The first kappa shape index (κ1) is 52.6. The molecule has 0 bridgehead atoms. The molecule has 3 heteroatoms. The topological polar surface area (TPSA) is 51.2 Å². The van der Waals surface area contributed by atoms with Crippen LogP contribution in [0.25, 0.3) is 0 Å². The van der Waals surface area contributed by atoms with Crippen LogP contribution in [0, 0.1) is 48.5 Å². The van der Waals surface area contributed by atoms with Gasteiger partial charge in [-0.25, -0.2) is 0 Å². The molecule has 0 N–H and O–H groups in total. The highest BCUT2D eigenvalue weighted by atomic mass is 16.1. The van der Waals surface area contributed by atoms with Crippen molar-refractivity contribution >= 4 is 17.3 Å². The number of hydrogen-bond acceptors (Lipinski definition) is 3. The molecule has 0 saturated heterocycles. The summed E-state index contributed by atoms with van der Waals surface area (Å²) in [5.74, 6) is 0.236. The number of hydrogen-bond donors (Lipinski definition) is 0. The summed E-state index contributed by atoms with van der Waals surface area (Å²) in [5, 5.41) is 0. The summed E-state index contributed by atoms with van der Waals surface area (Å²) < 4.78 is 0. The number of benzene rings is 7. The lowest BCUT2D eigenvalue weighted by Crippen LogP contribution is -2.08. The third-order valence-corrected chi connectivity index (χ3v) is 8.66.